The summed E-state index contributed by atoms with van der Waals surface area (Å²) in [4.78, 5) is 49.2. The number of rotatable bonds is 8. The number of nitrogens with zero attached hydrogens (tertiary/aromatic N) is 1. The molecule has 10 heteroatoms. The van der Waals surface area contributed by atoms with Gasteiger partial charge in [0, 0.05) is 18.7 Å². The summed E-state index contributed by atoms with van der Waals surface area (Å²) in [6, 6.07) is 10.7. The molecule has 32 heavy (non-hydrogen) atoms. The number of primary amides is 1. The Morgan fingerprint density at radius 3 is 2.69 bits per heavy atom. The fourth-order valence-corrected chi connectivity index (χ4v) is 3.74. The van der Waals surface area contributed by atoms with Crippen LogP contribution < -0.4 is 15.8 Å². The van der Waals surface area contributed by atoms with Crippen molar-refractivity contribution in [3.05, 3.63) is 69.9 Å². The number of benzene rings is 2. The van der Waals surface area contributed by atoms with Crippen LogP contribution in [0, 0.1) is 12.7 Å². The van der Waals surface area contributed by atoms with E-state index in [1.54, 1.807) is 25.1 Å². The van der Waals surface area contributed by atoms with E-state index in [1.807, 2.05) is 0 Å². The van der Waals surface area contributed by atoms with Crippen molar-refractivity contribution in [1.29, 1.82) is 0 Å². The smallest absolute Gasteiger partial charge is 0.293 e. The minimum absolute atomic E-state index is 0.00368. The highest BCUT2D eigenvalue weighted by Crippen LogP contribution is 2.32. The summed E-state index contributed by atoms with van der Waals surface area (Å²) in [6.07, 6.45) is 1.32. The van der Waals surface area contributed by atoms with Crippen LogP contribution in [0.25, 0.3) is 6.08 Å². The molecule has 166 valence electrons. The summed E-state index contributed by atoms with van der Waals surface area (Å²) in [5.41, 5.74) is 6.49. The largest absolute Gasteiger partial charge is 0.483 e. The van der Waals surface area contributed by atoms with Gasteiger partial charge >= 0.3 is 0 Å². The molecular weight excluding hydrogens is 437 g/mol. The molecule has 0 spiro atoms. The fraction of sp³-hybridized carbons (Fsp3) is 0.182. The van der Waals surface area contributed by atoms with Crippen LogP contribution in [0.2, 0.25) is 0 Å². The van der Waals surface area contributed by atoms with Crippen molar-refractivity contribution in [2.45, 2.75) is 6.92 Å². The maximum absolute atomic E-state index is 13.8. The Kier molecular flexibility index (Phi) is 7.26. The predicted octanol–water partition coefficient (Wildman–Crippen LogP) is 2.46. The topological polar surface area (TPSA) is 119 Å². The number of halogens is 1. The minimum atomic E-state index is -0.678. The van der Waals surface area contributed by atoms with E-state index in [9.17, 15) is 23.6 Å². The molecule has 2 aromatic carbocycles. The van der Waals surface area contributed by atoms with Crippen LogP contribution in [0.4, 0.5) is 9.18 Å². The molecule has 0 bridgehead atoms. The van der Waals surface area contributed by atoms with Gasteiger partial charge in [-0.05, 0) is 48.5 Å². The van der Waals surface area contributed by atoms with Gasteiger partial charge < -0.3 is 15.8 Å². The molecule has 8 nitrogen and oxygen atoms in total. The van der Waals surface area contributed by atoms with E-state index in [-0.39, 0.29) is 41.5 Å². The lowest BCUT2D eigenvalue weighted by molar-refractivity contribution is -0.125. The van der Waals surface area contributed by atoms with Crippen LogP contribution >= 0.6 is 11.8 Å². The van der Waals surface area contributed by atoms with Gasteiger partial charge in [-0.1, -0.05) is 24.3 Å². The average Bonchev–Trinajstić information content (AvgIpc) is 3.01. The summed E-state index contributed by atoms with van der Waals surface area (Å²) >= 11 is 0.708. The molecule has 1 aliphatic rings. The second-order valence-electron chi connectivity index (χ2n) is 6.86. The molecule has 1 fully saturated rings. The summed E-state index contributed by atoms with van der Waals surface area (Å²) in [7, 11) is 0. The minimum Gasteiger partial charge on any atom is -0.483 e. The monoisotopic (exact) mass is 457 g/mol. The lowest BCUT2D eigenvalue weighted by Gasteiger charge is -2.14. The van der Waals surface area contributed by atoms with Crippen molar-refractivity contribution in [3.63, 3.8) is 0 Å². The normalized spacial score (nSPS) is 14.7. The quantitative estimate of drug-likeness (QED) is 0.588. The van der Waals surface area contributed by atoms with Crippen LogP contribution in [0.3, 0.4) is 0 Å². The molecule has 1 saturated heterocycles. The van der Waals surface area contributed by atoms with E-state index >= 15 is 0 Å². The number of carbonyl (C=O) groups is 4. The first-order valence-corrected chi connectivity index (χ1v) is 10.4. The van der Waals surface area contributed by atoms with Crippen molar-refractivity contribution < 1.29 is 28.3 Å². The van der Waals surface area contributed by atoms with Crippen molar-refractivity contribution in [2.75, 3.05) is 19.7 Å². The maximum Gasteiger partial charge on any atom is 0.293 e. The Hall–Kier alpha value is -3.66. The second-order valence-corrected chi connectivity index (χ2v) is 7.85. The molecule has 0 atom stereocenters. The summed E-state index contributed by atoms with van der Waals surface area (Å²) < 4.78 is 19.2. The van der Waals surface area contributed by atoms with Crippen LogP contribution in [0.5, 0.6) is 5.75 Å². The molecular formula is C22H20FN3O5S. The standard InChI is InChI=1S/C22H20FN3O5S/c1-13-6-7-15(20(24)28)17(10-13)31-12-19(27)25-8-9-26-21(29)18(32-22(26)30)11-14-4-2-3-5-16(14)23/h2-7,10-11H,8-9,12H2,1H3,(H2,24,28)(H,25,27)/b18-11-. The number of hydrogen-bond donors (Lipinski definition) is 2. The van der Waals surface area contributed by atoms with Gasteiger partial charge in [0.05, 0.1) is 10.5 Å². The number of amides is 4. The average molecular weight is 457 g/mol. The number of aryl methyl sites for hydroxylation is 1. The zero-order valence-electron chi connectivity index (χ0n) is 17.1. The highest BCUT2D eigenvalue weighted by molar-refractivity contribution is 8.18. The molecule has 3 rings (SSSR count). The number of imide groups is 1. The van der Waals surface area contributed by atoms with Gasteiger partial charge in [-0.25, -0.2) is 4.39 Å². The van der Waals surface area contributed by atoms with Crippen molar-refractivity contribution >= 4 is 40.8 Å². The molecule has 1 heterocycles. The van der Waals surface area contributed by atoms with Gasteiger partial charge in [0.25, 0.3) is 23.0 Å². The first-order valence-electron chi connectivity index (χ1n) is 9.56. The fourth-order valence-electron chi connectivity index (χ4n) is 2.88. The first-order chi connectivity index (χ1) is 15.3. The van der Waals surface area contributed by atoms with E-state index in [0.29, 0.717) is 11.8 Å². The van der Waals surface area contributed by atoms with E-state index in [1.165, 1.54) is 30.3 Å². The molecule has 4 amide bonds. The highest BCUT2D eigenvalue weighted by atomic mass is 32.2. The van der Waals surface area contributed by atoms with Gasteiger partial charge in [0.15, 0.2) is 6.61 Å². The van der Waals surface area contributed by atoms with Crippen LogP contribution in [0.1, 0.15) is 21.5 Å². The van der Waals surface area contributed by atoms with Gasteiger partial charge in [0.2, 0.25) is 0 Å². The molecule has 2 aromatic rings. The molecule has 1 aliphatic heterocycles. The zero-order chi connectivity index (χ0) is 23.3. The first kappa shape index (κ1) is 23.0. The van der Waals surface area contributed by atoms with E-state index in [0.717, 1.165) is 10.5 Å². The molecule has 0 saturated carbocycles. The Balaban J connectivity index is 1.52. The predicted molar refractivity (Wildman–Crippen MR) is 117 cm³/mol. The number of nitrogens with one attached hydrogen (secondary N) is 1. The number of nitrogens with two attached hydrogens (primary N) is 1. The van der Waals surface area contributed by atoms with Crippen LogP contribution in [-0.4, -0.2) is 47.6 Å². The Labute approximate surface area is 187 Å². The molecule has 3 N–H and O–H groups in total. The van der Waals surface area contributed by atoms with E-state index < -0.39 is 28.8 Å². The number of thioether (sulfide) groups is 1. The lowest BCUT2D eigenvalue weighted by atomic mass is 10.1. The van der Waals surface area contributed by atoms with Gasteiger partial charge in [-0.3, -0.25) is 24.1 Å². The van der Waals surface area contributed by atoms with Gasteiger partial charge in [-0.2, -0.15) is 0 Å². The number of carbonyl (C=O) groups excluding carboxylic acids is 4. The highest BCUT2D eigenvalue weighted by Gasteiger charge is 2.34. The number of ether oxygens (including phenoxy) is 1. The summed E-state index contributed by atoms with van der Waals surface area (Å²) in [6.45, 7) is 1.37. The summed E-state index contributed by atoms with van der Waals surface area (Å²) in [5.74, 6) is -2.05. The Bertz CT molecular complexity index is 1120. The Morgan fingerprint density at radius 2 is 1.97 bits per heavy atom. The van der Waals surface area contributed by atoms with Crippen LogP contribution in [0.15, 0.2) is 47.4 Å². The maximum atomic E-state index is 13.8. The van der Waals surface area contributed by atoms with E-state index in [2.05, 4.69) is 5.32 Å². The molecule has 0 radical (unpaired) electrons. The Morgan fingerprint density at radius 1 is 1.22 bits per heavy atom. The molecule has 0 unspecified atom stereocenters. The zero-order valence-corrected chi connectivity index (χ0v) is 17.9. The van der Waals surface area contributed by atoms with Crippen LogP contribution in [-0.2, 0) is 9.59 Å². The molecule has 0 aliphatic carbocycles. The van der Waals surface area contributed by atoms with Crippen molar-refractivity contribution in [1.82, 2.24) is 10.2 Å². The summed E-state index contributed by atoms with van der Waals surface area (Å²) in [5, 5.41) is 2.04. The lowest BCUT2D eigenvalue weighted by Crippen LogP contribution is -2.38. The van der Waals surface area contributed by atoms with Gasteiger partial charge in [0.1, 0.15) is 11.6 Å². The third-order valence-electron chi connectivity index (χ3n) is 4.48. The number of hydrogen-bond acceptors (Lipinski definition) is 6. The SMILES string of the molecule is Cc1ccc(C(N)=O)c(OCC(=O)NCCN2C(=O)S/C(=C\c3ccccc3F)C2=O)c1. The van der Waals surface area contributed by atoms with Crippen molar-refractivity contribution in [3.8, 4) is 5.75 Å². The third kappa shape index (κ3) is 5.52. The second kappa shape index (κ2) is 10.1. The van der Waals surface area contributed by atoms with Crippen molar-refractivity contribution in [2.24, 2.45) is 5.73 Å². The third-order valence-corrected chi connectivity index (χ3v) is 5.39. The molecule has 0 aromatic heterocycles. The van der Waals surface area contributed by atoms with E-state index in [4.69, 9.17) is 10.5 Å². The van der Waals surface area contributed by atoms with Gasteiger partial charge in [-0.15, -0.1) is 0 Å².